The molecule has 0 aliphatic heterocycles. The van der Waals surface area contributed by atoms with Crippen molar-refractivity contribution in [3.05, 3.63) is 32.6 Å². The number of hydrogen-bond acceptors (Lipinski definition) is 4. The quantitative estimate of drug-likeness (QED) is 0.356. The van der Waals surface area contributed by atoms with Gasteiger partial charge in [0.05, 0.1) is 5.56 Å². The molecule has 0 radical (unpaired) electrons. The molecule has 0 amide bonds. The summed E-state index contributed by atoms with van der Waals surface area (Å²) in [6.07, 6.45) is -0.915. The Bertz CT molecular complexity index is 350. The molecule has 1 aromatic heterocycles. The largest absolute Gasteiger partial charge is 0.364 e. The van der Waals surface area contributed by atoms with Gasteiger partial charge in [-0.25, -0.2) is 4.79 Å². The third kappa shape index (κ3) is 1.54. The zero-order valence-corrected chi connectivity index (χ0v) is 5.37. The van der Waals surface area contributed by atoms with Crippen molar-refractivity contribution in [1.29, 1.82) is 0 Å². The summed E-state index contributed by atoms with van der Waals surface area (Å²) in [5, 5.41) is 17.0. The maximum atomic E-state index is 10.7. The first-order valence-electron chi connectivity index (χ1n) is 2.79. The lowest BCUT2D eigenvalue weighted by atomic mass is 10.3. The van der Waals surface area contributed by atoms with E-state index in [1.807, 2.05) is 4.98 Å². The Morgan fingerprint density at radius 2 is 2.00 bits per heavy atom. The van der Waals surface area contributed by atoms with Gasteiger partial charge in [0.1, 0.15) is 0 Å². The predicted octanol–water partition coefficient (Wildman–Crippen LogP) is -1.95. The van der Waals surface area contributed by atoms with Crippen LogP contribution in [0.15, 0.2) is 15.8 Å². The molecule has 6 nitrogen and oxygen atoms in total. The lowest BCUT2D eigenvalue weighted by Crippen LogP contribution is -2.26. The minimum absolute atomic E-state index is 0.287. The van der Waals surface area contributed by atoms with Gasteiger partial charge in [0, 0.05) is 6.20 Å². The summed E-state index contributed by atoms with van der Waals surface area (Å²) >= 11 is 0. The van der Waals surface area contributed by atoms with Crippen molar-refractivity contribution in [3.63, 3.8) is 0 Å². The fourth-order valence-corrected chi connectivity index (χ4v) is 0.612. The van der Waals surface area contributed by atoms with Crippen molar-refractivity contribution >= 4 is 0 Å². The zero-order chi connectivity index (χ0) is 8.43. The monoisotopic (exact) mass is 158 g/mol. The number of aliphatic hydroxyl groups is 2. The Morgan fingerprint density at radius 1 is 1.36 bits per heavy atom. The molecule has 0 aliphatic rings. The van der Waals surface area contributed by atoms with Crippen LogP contribution in [0.1, 0.15) is 11.9 Å². The zero-order valence-electron chi connectivity index (χ0n) is 5.37. The van der Waals surface area contributed by atoms with E-state index >= 15 is 0 Å². The number of H-pyrrole nitrogens is 2. The molecule has 11 heavy (non-hydrogen) atoms. The second-order valence-electron chi connectivity index (χ2n) is 1.90. The van der Waals surface area contributed by atoms with Gasteiger partial charge in [0.15, 0.2) is 6.29 Å². The number of aliphatic hydroxyl groups excluding tert-OH is 1. The van der Waals surface area contributed by atoms with Crippen LogP contribution >= 0.6 is 0 Å². The van der Waals surface area contributed by atoms with Crippen LogP contribution in [-0.4, -0.2) is 20.2 Å². The molecule has 0 fully saturated rings. The van der Waals surface area contributed by atoms with E-state index in [1.54, 1.807) is 0 Å². The minimum atomic E-state index is -1.87. The Hall–Kier alpha value is -1.40. The average molecular weight is 158 g/mol. The molecule has 1 rings (SSSR count). The van der Waals surface area contributed by atoms with Gasteiger partial charge in [-0.3, -0.25) is 9.78 Å². The molecule has 4 N–H and O–H groups in total. The van der Waals surface area contributed by atoms with Gasteiger partial charge in [0.25, 0.3) is 5.56 Å². The lowest BCUT2D eigenvalue weighted by Gasteiger charge is -1.98. The average Bonchev–Trinajstić information content (AvgIpc) is 1.85. The van der Waals surface area contributed by atoms with Crippen LogP contribution in [0.3, 0.4) is 0 Å². The van der Waals surface area contributed by atoms with E-state index in [0.717, 1.165) is 6.20 Å². The summed E-state index contributed by atoms with van der Waals surface area (Å²) < 4.78 is 0. The van der Waals surface area contributed by atoms with Crippen molar-refractivity contribution < 1.29 is 10.2 Å². The molecule has 0 saturated heterocycles. The second kappa shape index (κ2) is 2.69. The summed E-state index contributed by atoms with van der Waals surface area (Å²) in [6, 6.07) is 0. The van der Waals surface area contributed by atoms with Crippen molar-refractivity contribution in [2.75, 3.05) is 0 Å². The number of hydrogen-bond donors (Lipinski definition) is 4. The Balaban J connectivity index is 3.32. The summed E-state index contributed by atoms with van der Waals surface area (Å²) in [5.41, 5.74) is -1.77. The van der Waals surface area contributed by atoms with E-state index in [4.69, 9.17) is 10.2 Å². The highest BCUT2D eigenvalue weighted by Crippen LogP contribution is 1.97. The highest BCUT2D eigenvalue weighted by molar-refractivity contribution is 5.03. The number of rotatable bonds is 1. The molecule has 1 heterocycles. The van der Waals surface area contributed by atoms with Crippen LogP contribution in [0.5, 0.6) is 0 Å². The fourth-order valence-electron chi connectivity index (χ4n) is 0.612. The van der Waals surface area contributed by atoms with Crippen LogP contribution in [0.2, 0.25) is 0 Å². The molecule has 60 valence electrons. The van der Waals surface area contributed by atoms with Crippen molar-refractivity contribution in [3.8, 4) is 0 Å². The summed E-state index contributed by atoms with van der Waals surface area (Å²) in [6.45, 7) is 0. The van der Waals surface area contributed by atoms with Crippen LogP contribution in [0.25, 0.3) is 0 Å². The van der Waals surface area contributed by atoms with Gasteiger partial charge in [-0.2, -0.15) is 0 Å². The topological polar surface area (TPSA) is 106 Å². The van der Waals surface area contributed by atoms with Crippen molar-refractivity contribution in [2.24, 2.45) is 0 Å². The first kappa shape index (κ1) is 7.70. The molecular weight excluding hydrogens is 152 g/mol. The molecule has 0 saturated carbocycles. The molecule has 0 bridgehead atoms. The van der Waals surface area contributed by atoms with Gasteiger partial charge in [0.2, 0.25) is 0 Å². The van der Waals surface area contributed by atoms with Crippen molar-refractivity contribution in [2.45, 2.75) is 6.29 Å². The van der Waals surface area contributed by atoms with Gasteiger partial charge in [-0.05, 0) is 0 Å². The van der Waals surface area contributed by atoms with Gasteiger partial charge >= 0.3 is 5.69 Å². The van der Waals surface area contributed by atoms with E-state index in [1.165, 1.54) is 0 Å². The molecule has 6 heteroatoms. The minimum Gasteiger partial charge on any atom is -0.364 e. The van der Waals surface area contributed by atoms with Gasteiger partial charge in [-0.1, -0.05) is 0 Å². The SMILES string of the molecule is O=c1[nH]cc(C(O)O)c(=O)[nH]1. The van der Waals surface area contributed by atoms with E-state index in [-0.39, 0.29) is 5.56 Å². The predicted molar refractivity (Wildman–Crippen MR) is 34.9 cm³/mol. The van der Waals surface area contributed by atoms with Gasteiger partial charge < -0.3 is 15.2 Å². The van der Waals surface area contributed by atoms with Gasteiger partial charge in [-0.15, -0.1) is 0 Å². The first-order valence-corrected chi connectivity index (χ1v) is 2.79. The first-order chi connectivity index (χ1) is 5.11. The van der Waals surface area contributed by atoms with Crippen LogP contribution in [0.4, 0.5) is 0 Å². The van der Waals surface area contributed by atoms with E-state index < -0.39 is 17.5 Å². The normalized spacial score (nSPS) is 10.5. The molecule has 0 aliphatic carbocycles. The van der Waals surface area contributed by atoms with E-state index in [9.17, 15) is 9.59 Å². The maximum absolute atomic E-state index is 10.7. The second-order valence-corrected chi connectivity index (χ2v) is 1.90. The molecule has 0 unspecified atom stereocenters. The number of aromatic amines is 2. The van der Waals surface area contributed by atoms with E-state index in [2.05, 4.69) is 4.98 Å². The summed E-state index contributed by atoms with van der Waals surface area (Å²) in [4.78, 5) is 25.0. The van der Waals surface area contributed by atoms with E-state index in [0.29, 0.717) is 0 Å². The molecular formula is C5H6N2O4. The number of aromatic nitrogens is 2. The Morgan fingerprint density at radius 3 is 2.45 bits per heavy atom. The van der Waals surface area contributed by atoms with Crippen LogP contribution in [-0.2, 0) is 0 Å². The van der Waals surface area contributed by atoms with Crippen LogP contribution in [0, 0.1) is 0 Å². The summed E-state index contributed by atoms with van der Waals surface area (Å²) in [5.74, 6) is 0. The lowest BCUT2D eigenvalue weighted by molar-refractivity contribution is -0.0438. The molecule has 0 atom stereocenters. The van der Waals surface area contributed by atoms with Crippen LogP contribution < -0.4 is 11.2 Å². The van der Waals surface area contributed by atoms with Crippen molar-refractivity contribution in [1.82, 2.24) is 9.97 Å². The summed E-state index contributed by atoms with van der Waals surface area (Å²) in [7, 11) is 0. The molecule has 1 aromatic rings. The maximum Gasteiger partial charge on any atom is 0.325 e. The molecule has 0 aromatic carbocycles. The smallest absolute Gasteiger partial charge is 0.325 e. The highest BCUT2D eigenvalue weighted by atomic mass is 16.5. The Kier molecular flexibility index (Phi) is 1.88. The fraction of sp³-hybridized carbons (Fsp3) is 0.200. The standard InChI is InChI=1S/C5H6N2O4/c8-3-2(4(9)10)1-6-5(11)7-3/h1,4,9-10H,(H2,6,7,8,11). The third-order valence-corrected chi connectivity index (χ3v) is 1.13. The Labute approximate surface area is 60.1 Å². The number of nitrogens with one attached hydrogen (secondary N) is 2. The highest BCUT2D eigenvalue weighted by Gasteiger charge is 2.06. The third-order valence-electron chi connectivity index (χ3n) is 1.13. The molecule has 0 spiro atoms.